The molecule has 2 rings (SSSR count). The molecule has 0 fully saturated rings. The molecule has 0 spiro atoms. The largest absolute Gasteiger partial charge is 0.506 e. The molecule has 0 aliphatic rings. The van der Waals surface area contributed by atoms with E-state index in [0.29, 0.717) is 11.6 Å². The first-order valence-electron chi connectivity index (χ1n) is 6.02. The Bertz CT molecular complexity index is 572. The molecule has 100 valence electrons. The van der Waals surface area contributed by atoms with E-state index in [-0.39, 0.29) is 11.8 Å². The molecule has 1 atom stereocenters. The normalized spacial score (nSPS) is 12.4. The minimum Gasteiger partial charge on any atom is -0.506 e. The van der Waals surface area contributed by atoms with Crippen LogP contribution in [0, 0.1) is 0 Å². The standard InChI is InChI=1S/C15H15Cl2NO/c1-10(12-3-2-4-13(16)8-12)18-9-11-5-6-15(19)14(17)7-11/h2-8,10,18-19H,9H2,1H3/t10-/m0/s1. The van der Waals surface area contributed by atoms with Crippen LogP contribution in [0.5, 0.6) is 5.75 Å². The second-order valence-electron chi connectivity index (χ2n) is 4.44. The molecule has 0 aliphatic carbocycles. The van der Waals surface area contributed by atoms with Crippen molar-refractivity contribution in [1.29, 1.82) is 0 Å². The molecule has 0 heterocycles. The number of benzene rings is 2. The third-order valence-corrected chi connectivity index (χ3v) is 3.51. The Balaban J connectivity index is 2.00. The molecule has 0 aliphatic heterocycles. The molecule has 2 N–H and O–H groups in total. The molecule has 0 unspecified atom stereocenters. The highest BCUT2D eigenvalue weighted by Gasteiger charge is 2.06. The molecule has 0 saturated carbocycles. The van der Waals surface area contributed by atoms with Gasteiger partial charge >= 0.3 is 0 Å². The number of halogens is 2. The zero-order chi connectivity index (χ0) is 13.8. The fourth-order valence-electron chi connectivity index (χ4n) is 1.83. The summed E-state index contributed by atoms with van der Waals surface area (Å²) in [5, 5.41) is 13.9. The molecule has 4 heteroatoms. The first-order chi connectivity index (χ1) is 9.06. The maximum Gasteiger partial charge on any atom is 0.134 e. The van der Waals surface area contributed by atoms with Crippen molar-refractivity contribution in [3.63, 3.8) is 0 Å². The lowest BCUT2D eigenvalue weighted by Crippen LogP contribution is -2.17. The molecular weight excluding hydrogens is 281 g/mol. The SMILES string of the molecule is C[C@H](NCc1ccc(O)c(Cl)c1)c1cccc(Cl)c1. The predicted octanol–water partition coefficient (Wildman–Crippen LogP) is 4.55. The van der Waals surface area contributed by atoms with Gasteiger partial charge in [-0.15, -0.1) is 0 Å². The molecular formula is C15H15Cl2NO. The fraction of sp³-hybridized carbons (Fsp3) is 0.200. The number of phenolic OH excluding ortho intramolecular Hbond substituents is 1. The lowest BCUT2D eigenvalue weighted by molar-refractivity contribution is 0.475. The molecule has 0 bridgehead atoms. The van der Waals surface area contributed by atoms with Gasteiger partial charge in [0.15, 0.2) is 0 Å². The van der Waals surface area contributed by atoms with E-state index in [1.54, 1.807) is 12.1 Å². The van der Waals surface area contributed by atoms with E-state index >= 15 is 0 Å². The minimum atomic E-state index is 0.105. The van der Waals surface area contributed by atoms with Crippen LogP contribution < -0.4 is 5.32 Å². The quantitative estimate of drug-likeness (QED) is 0.867. The Morgan fingerprint density at radius 1 is 1.16 bits per heavy atom. The van der Waals surface area contributed by atoms with Crippen molar-refractivity contribution in [2.75, 3.05) is 0 Å². The van der Waals surface area contributed by atoms with Crippen LogP contribution in [0.1, 0.15) is 24.1 Å². The van der Waals surface area contributed by atoms with Crippen LogP contribution in [0.4, 0.5) is 0 Å². The van der Waals surface area contributed by atoms with Gasteiger partial charge in [0, 0.05) is 17.6 Å². The van der Waals surface area contributed by atoms with Gasteiger partial charge in [-0.2, -0.15) is 0 Å². The van der Waals surface area contributed by atoms with Crippen molar-refractivity contribution in [2.45, 2.75) is 19.5 Å². The maximum absolute atomic E-state index is 9.36. The van der Waals surface area contributed by atoms with Gasteiger partial charge in [0.25, 0.3) is 0 Å². The molecule has 0 saturated heterocycles. The van der Waals surface area contributed by atoms with Crippen LogP contribution >= 0.6 is 23.2 Å². The van der Waals surface area contributed by atoms with Crippen molar-refractivity contribution in [1.82, 2.24) is 5.32 Å². The highest BCUT2D eigenvalue weighted by molar-refractivity contribution is 6.32. The van der Waals surface area contributed by atoms with Crippen molar-refractivity contribution in [2.24, 2.45) is 0 Å². The van der Waals surface area contributed by atoms with Crippen molar-refractivity contribution in [3.05, 3.63) is 63.6 Å². The Morgan fingerprint density at radius 2 is 1.95 bits per heavy atom. The van der Waals surface area contributed by atoms with E-state index in [1.165, 1.54) is 0 Å². The average Bonchev–Trinajstić information content (AvgIpc) is 2.40. The van der Waals surface area contributed by atoms with Gasteiger partial charge in [0.1, 0.15) is 5.75 Å². The van der Waals surface area contributed by atoms with Crippen LogP contribution in [0.3, 0.4) is 0 Å². The topological polar surface area (TPSA) is 32.3 Å². The number of aromatic hydroxyl groups is 1. The van der Waals surface area contributed by atoms with E-state index in [9.17, 15) is 5.11 Å². The fourth-order valence-corrected chi connectivity index (χ4v) is 2.23. The minimum absolute atomic E-state index is 0.105. The molecule has 2 aromatic carbocycles. The molecule has 0 radical (unpaired) electrons. The molecule has 0 aromatic heterocycles. The van der Waals surface area contributed by atoms with Crippen molar-refractivity contribution < 1.29 is 5.11 Å². The molecule has 19 heavy (non-hydrogen) atoms. The molecule has 0 amide bonds. The van der Waals surface area contributed by atoms with Crippen molar-refractivity contribution >= 4 is 23.2 Å². The first kappa shape index (κ1) is 14.2. The van der Waals surface area contributed by atoms with Gasteiger partial charge in [-0.05, 0) is 42.3 Å². The van der Waals surface area contributed by atoms with E-state index in [0.717, 1.165) is 16.1 Å². The Labute approximate surface area is 123 Å². The number of nitrogens with one attached hydrogen (secondary N) is 1. The predicted molar refractivity (Wildman–Crippen MR) is 79.8 cm³/mol. The maximum atomic E-state index is 9.36. The van der Waals surface area contributed by atoms with Crippen molar-refractivity contribution in [3.8, 4) is 5.75 Å². The highest BCUT2D eigenvalue weighted by atomic mass is 35.5. The lowest BCUT2D eigenvalue weighted by atomic mass is 10.1. The van der Waals surface area contributed by atoms with Crippen LogP contribution in [-0.2, 0) is 6.54 Å². The summed E-state index contributed by atoms with van der Waals surface area (Å²) >= 11 is 11.8. The Morgan fingerprint density at radius 3 is 2.63 bits per heavy atom. The second kappa shape index (κ2) is 6.29. The highest BCUT2D eigenvalue weighted by Crippen LogP contribution is 2.24. The van der Waals surface area contributed by atoms with Crippen LogP contribution in [-0.4, -0.2) is 5.11 Å². The van der Waals surface area contributed by atoms with Crippen LogP contribution in [0.15, 0.2) is 42.5 Å². The molecule has 2 nitrogen and oxygen atoms in total. The monoisotopic (exact) mass is 295 g/mol. The van der Waals surface area contributed by atoms with E-state index in [2.05, 4.69) is 12.2 Å². The summed E-state index contributed by atoms with van der Waals surface area (Å²) in [5.74, 6) is 0.105. The number of hydrogen-bond donors (Lipinski definition) is 2. The van der Waals surface area contributed by atoms with Gasteiger partial charge in [0.2, 0.25) is 0 Å². The summed E-state index contributed by atoms with van der Waals surface area (Å²) in [7, 11) is 0. The van der Waals surface area contributed by atoms with E-state index in [1.807, 2.05) is 30.3 Å². The number of rotatable bonds is 4. The Kier molecular flexibility index (Phi) is 4.70. The summed E-state index contributed by atoms with van der Waals surface area (Å²) < 4.78 is 0. The van der Waals surface area contributed by atoms with Gasteiger partial charge in [-0.25, -0.2) is 0 Å². The number of hydrogen-bond acceptors (Lipinski definition) is 2. The smallest absolute Gasteiger partial charge is 0.134 e. The molecule has 2 aromatic rings. The van der Waals surface area contributed by atoms with Crippen LogP contribution in [0.2, 0.25) is 10.0 Å². The summed E-state index contributed by atoms with van der Waals surface area (Å²) in [4.78, 5) is 0. The van der Waals surface area contributed by atoms with Crippen LogP contribution in [0.25, 0.3) is 0 Å². The average molecular weight is 296 g/mol. The van der Waals surface area contributed by atoms with Gasteiger partial charge in [-0.3, -0.25) is 0 Å². The summed E-state index contributed by atoms with van der Waals surface area (Å²) in [6.07, 6.45) is 0. The Hall–Kier alpha value is -1.22. The van der Waals surface area contributed by atoms with E-state index in [4.69, 9.17) is 23.2 Å². The summed E-state index contributed by atoms with van der Waals surface area (Å²) in [6, 6.07) is 13.2. The number of phenols is 1. The lowest BCUT2D eigenvalue weighted by Gasteiger charge is -2.15. The second-order valence-corrected chi connectivity index (χ2v) is 5.29. The van der Waals surface area contributed by atoms with Gasteiger partial charge in [-0.1, -0.05) is 41.4 Å². The summed E-state index contributed by atoms with van der Waals surface area (Å²) in [6.45, 7) is 2.75. The van der Waals surface area contributed by atoms with E-state index < -0.39 is 0 Å². The third kappa shape index (κ3) is 3.87. The first-order valence-corrected chi connectivity index (χ1v) is 6.78. The zero-order valence-electron chi connectivity index (χ0n) is 10.5. The van der Waals surface area contributed by atoms with Gasteiger partial charge in [0.05, 0.1) is 5.02 Å². The van der Waals surface area contributed by atoms with Gasteiger partial charge < -0.3 is 10.4 Å². The zero-order valence-corrected chi connectivity index (χ0v) is 12.0. The summed E-state index contributed by atoms with van der Waals surface area (Å²) in [5.41, 5.74) is 2.16. The third-order valence-electron chi connectivity index (χ3n) is 2.97.